The highest BCUT2D eigenvalue weighted by molar-refractivity contribution is 5.98. The van der Waals surface area contributed by atoms with Crippen LogP contribution in [0.4, 0.5) is 0 Å². The number of hydrogen-bond donors (Lipinski definition) is 3. The fraction of sp³-hybridized carbons (Fsp3) is 0.590. The third-order valence-electron chi connectivity index (χ3n) is 8.59. The molecule has 0 aliphatic carbocycles. The molecule has 0 radical (unpaired) electrons. The Morgan fingerprint density at radius 1 is 0.750 bits per heavy atom. The Morgan fingerprint density at radius 3 is 1.83 bits per heavy atom. The summed E-state index contributed by atoms with van der Waals surface area (Å²) in [6, 6.07) is 16.8. The van der Waals surface area contributed by atoms with Crippen molar-refractivity contribution in [2.24, 2.45) is 11.8 Å². The summed E-state index contributed by atoms with van der Waals surface area (Å²) in [5.74, 6) is -1.18. The predicted octanol–water partition coefficient (Wildman–Crippen LogP) is 5.34. The molecule has 1 aliphatic rings. The molecule has 9 heteroatoms. The summed E-state index contributed by atoms with van der Waals surface area (Å²) in [6.45, 7) is 12.6. The zero-order valence-electron chi connectivity index (χ0n) is 29.8. The minimum absolute atomic E-state index is 0.0861. The first kappa shape index (κ1) is 38.9. The highest BCUT2D eigenvalue weighted by atomic mass is 16.6. The second-order valence-corrected chi connectivity index (χ2v) is 14.1. The molecule has 3 amide bonds. The number of rotatable bonds is 22. The molecule has 0 bridgehead atoms. The molecule has 3 N–H and O–H groups in total. The zero-order chi connectivity index (χ0) is 35.1. The quantitative estimate of drug-likeness (QED) is 0.115. The van der Waals surface area contributed by atoms with Crippen molar-refractivity contribution in [2.45, 2.75) is 123 Å². The van der Waals surface area contributed by atoms with Crippen LogP contribution in [-0.2, 0) is 41.5 Å². The normalized spacial score (nSPS) is 18.1. The largest absolute Gasteiger partial charge is 0.368 e. The molecule has 1 aliphatic heterocycles. The van der Waals surface area contributed by atoms with Gasteiger partial charge in [-0.2, -0.15) is 0 Å². The van der Waals surface area contributed by atoms with Gasteiger partial charge >= 0.3 is 0 Å². The Kier molecular flexibility index (Phi) is 15.7. The van der Waals surface area contributed by atoms with Gasteiger partial charge in [-0.1, -0.05) is 108 Å². The number of benzene rings is 2. The van der Waals surface area contributed by atoms with E-state index in [1.54, 1.807) is 6.92 Å². The van der Waals surface area contributed by atoms with Gasteiger partial charge < -0.3 is 25.4 Å². The minimum Gasteiger partial charge on any atom is -0.368 e. The lowest BCUT2D eigenvalue weighted by Gasteiger charge is -2.28. The number of amides is 3. The lowest BCUT2D eigenvalue weighted by atomic mass is 9.93. The monoisotopic (exact) mass is 663 g/mol. The lowest BCUT2D eigenvalue weighted by Crippen LogP contribution is -2.58. The molecule has 48 heavy (non-hydrogen) atoms. The van der Waals surface area contributed by atoms with Crippen LogP contribution >= 0.6 is 0 Å². The number of aryl methyl sites for hydroxylation is 1. The van der Waals surface area contributed by atoms with E-state index in [0.29, 0.717) is 38.9 Å². The first-order valence-electron chi connectivity index (χ1n) is 17.7. The number of carbonyl (C=O) groups is 4. The van der Waals surface area contributed by atoms with E-state index in [1.165, 1.54) is 0 Å². The van der Waals surface area contributed by atoms with Gasteiger partial charge in [0, 0.05) is 13.0 Å². The van der Waals surface area contributed by atoms with Gasteiger partial charge in [0.2, 0.25) is 17.7 Å². The van der Waals surface area contributed by atoms with Crippen LogP contribution in [0.15, 0.2) is 60.7 Å². The van der Waals surface area contributed by atoms with Crippen LogP contribution < -0.4 is 16.0 Å². The zero-order valence-corrected chi connectivity index (χ0v) is 29.8. The van der Waals surface area contributed by atoms with E-state index in [0.717, 1.165) is 30.4 Å². The van der Waals surface area contributed by atoms with Crippen molar-refractivity contribution < 1.29 is 28.7 Å². The van der Waals surface area contributed by atoms with Crippen LogP contribution in [0.2, 0.25) is 0 Å². The topological polar surface area (TPSA) is 126 Å². The summed E-state index contributed by atoms with van der Waals surface area (Å²) in [5.41, 5.74) is 1.07. The molecule has 0 aromatic heterocycles. The van der Waals surface area contributed by atoms with Crippen molar-refractivity contribution >= 4 is 23.5 Å². The average Bonchev–Trinajstić information content (AvgIpc) is 3.81. The number of epoxide rings is 1. The van der Waals surface area contributed by atoms with Crippen molar-refractivity contribution in [3.63, 3.8) is 0 Å². The van der Waals surface area contributed by atoms with Gasteiger partial charge in [-0.25, -0.2) is 0 Å². The van der Waals surface area contributed by atoms with E-state index >= 15 is 0 Å². The Bertz CT molecular complexity index is 1300. The van der Waals surface area contributed by atoms with Crippen LogP contribution in [0.1, 0.15) is 91.2 Å². The minimum atomic E-state index is -0.971. The molecule has 1 saturated heterocycles. The fourth-order valence-corrected chi connectivity index (χ4v) is 5.70. The molecule has 1 unspecified atom stereocenters. The van der Waals surface area contributed by atoms with Gasteiger partial charge in [-0.15, -0.1) is 0 Å². The Morgan fingerprint density at radius 2 is 1.27 bits per heavy atom. The van der Waals surface area contributed by atoms with Gasteiger partial charge in [0.1, 0.15) is 23.8 Å². The van der Waals surface area contributed by atoms with Crippen LogP contribution in [0.25, 0.3) is 0 Å². The SMILES string of the molecule is CCCCCOC(CCc1ccccc1)C(=O)N[C@@H](CC(C)C)C(=O)N[C@@H](Cc1ccccc1)C(=O)N[C@@H](CC(C)C)C(=O)[C@@]1(C)CO1. The molecule has 2 aromatic rings. The predicted molar refractivity (Wildman–Crippen MR) is 188 cm³/mol. The molecule has 9 nitrogen and oxygen atoms in total. The van der Waals surface area contributed by atoms with Gasteiger partial charge in [0.25, 0.3) is 0 Å². The van der Waals surface area contributed by atoms with E-state index in [1.807, 2.05) is 88.4 Å². The molecular weight excluding hydrogens is 606 g/mol. The first-order valence-corrected chi connectivity index (χ1v) is 17.7. The Labute approximate surface area is 287 Å². The number of nitrogens with one attached hydrogen (secondary N) is 3. The fourth-order valence-electron chi connectivity index (χ4n) is 5.70. The number of carbonyl (C=O) groups excluding carboxylic acids is 4. The maximum atomic E-state index is 14.0. The second kappa shape index (κ2) is 19.4. The maximum absolute atomic E-state index is 14.0. The van der Waals surface area contributed by atoms with Crippen molar-refractivity contribution in [1.29, 1.82) is 0 Å². The van der Waals surface area contributed by atoms with Crippen LogP contribution in [0.5, 0.6) is 0 Å². The summed E-state index contributed by atoms with van der Waals surface area (Å²) in [6.07, 6.45) is 4.36. The van der Waals surface area contributed by atoms with Gasteiger partial charge in [-0.05, 0) is 62.0 Å². The molecular formula is C39H57N3O6. The summed E-state index contributed by atoms with van der Waals surface area (Å²) in [7, 11) is 0. The summed E-state index contributed by atoms with van der Waals surface area (Å²) in [5, 5.41) is 8.84. The Hall–Kier alpha value is -3.56. The summed E-state index contributed by atoms with van der Waals surface area (Å²) in [4.78, 5) is 54.8. The van der Waals surface area contributed by atoms with Crippen molar-refractivity contribution in [1.82, 2.24) is 16.0 Å². The molecule has 1 fully saturated rings. The first-order chi connectivity index (χ1) is 22.9. The Balaban J connectivity index is 1.79. The second-order valence-electron chi connectivity index (χ2n) is 14.1. The smallest absolute Gasteiger partial charge is 0.249 e. The van der Waals surface area contributed by atoms with Crippen LogP contribution in [0.3, 0.4) is 0 Å². The van der Waals surface area contributed by atoms with E-state index in [-0.39, 0.29) is 29.9 Å². The van der Waals surface area contributed by atoms with E-state index < -0.39 is 41.6 Å². The van der Waals surface area contributed by atoms with Gasteiger partial charge in [-0.3, -0.25) is 19.2 Å². The standard InChI is InChI=1S/C39H57N3O6/c1-7-8-15-22-47-34(21-20-29-16-11-9-12-17-29)38(46)42-32(24-28(4)5)36(44)41-33(25-30-18-13-10-14-19-30)37(45)40-31(23-27(2)3)35(43)39(6)26-48-39/h9-14,16-19,27-28,31-34H,7-8,15,20-26H2,1-6H3,(H,40,45)(H,41,44)(H,42,46)/t31-,32-,33-,34?,39+/m0/s1. The molecule has 0 saturated carbocycles. The molecule has 5 atom stereocenters. The van der Waals surface area contributed by atoms with Crippen LogP contribution in [0, 0.1) is 11.8 Å². The van der Waals surface area contributed by atoms with E-state index in [4.69, 9.17) is 9.47 Å². The number of unbranched alkanes of at least 4 members (excludes halogenated alkanes) is 2. The number of ketones is 1. The average molecular weight is 664 g/mol. The molecule has 2 aromatic carbocycles. The molecule has 3 rings (SSSR count). The van der Waals surface area contributed by atoms with Gasteiger partial charge in [0.05, 0.1) is 12.6 Å². The summed E-state index contributed by atoms with van der Waals surface area (Å²) < 4.78 is 11.5. The third-order valence-corrected chi connectivity index (χ3v) is 8.59. The molecule has 0 spiro atoms. The van der Waals surface area contributed by atoms with Crippen LogP contribution in [-0.4, -0.2) is 66.5 Å². The van der Waals surface area contributed by atoms with Gasteiger partial charge in [0.15, 0.2) is 5.78 Å². The lowest BCUT2D eigenvalue weighted by molar-refractivity contribution is -0.138. The molecule has 264 valence electrons. The van der Waals surface area contributed by atoms with Crippen molar-refractivity contribution in [2.75, 3.05) is 13.2 Å². The van der Waals surface area contributed by atoms with E-state index in [2.05, 4.69) is 22.9 Å². The number of ether oxygens (including phenoxy) is 2. The number of hydrogen-bond acceptors (Lipinski definition) is 6. The summed E-state index contributed by atoms with van der Waals surface area (Å²) >= 11 is 0. The van der Waals surface area contributed by atoms with Crippen molar-refractivity contribution in [3.05, 3.63) is 71.8 Å². The van der Waals surface area contributed by atoms with E-state index in [9.17, 15) is 19.2 Å². The highest BCUT2D eigenvalue weighted by Crippen LogP contribution is 2.29. The highest BCUT2D eigenvalue weighted by Gasteiger charge is 2.50. The maximum Gasteiger partial charge on any atom is 0.249 e. The van der Waals surface area contributed by atoms with Crippen molar-refractivity contribution in [3.8, 4) is 0 Å². The molecule has 1 heterocycles. The third kappa shape index (κ3) is 13.2. The number of Topliss-reactive ketones (excluding diaryl/α,β-unsaturated/α-hetero) is 1.